The zero-order valence-electron chi connectivity index (χ0n) is 28.0. The van der Waals surface area contributed by atoms with E-state index in [9.17, 15) is 9.59 Å². The van der Waals surface area contributed by atoms with E-state index in [1.165, 1.54) is 81.4 Å². The van der Waals surface area contributed by atoms with Gasteiger partial charge in [0.1, 0.15) is 11.5 Å². The molecule has 0 aliphatic rings. The molecule has 0 saturated heterocycles. The third-order valence-corrected chi connectivity index (χ3v) is 8.09. The normalized spacial score (nSPS) is 11.4. The SMILES string of the molecule is CCCCCCCCCCCCCCOc1ccc(/C=C/C(=O)Oc2ccc(N=Cc3c(C)[nH]n(-c4ccccc4)c3=O)cc2)cc1. The van der Waals surface area contributed by atoms with Gasteiger partial charge in [-0.2, -0.15) is 0 Å². The van der Waals surface area contributed by atoms with Gasteiger partial charge in [0.15, 0.2) is 0 Å². The second-order valence-electron chi connectivity index (χ2n) is 11.9. The third-order valence-electron chi connectivity index (χ3n) is 8.09. The van der Waals surface area contributed by atoms with Crippen molar-refractivity contribution in [2.45, 2.75) is 90.9 Å². The summed E-state index contributed by atoms with van der Waals surface area (Å²) in [5, 5.41) is 3.09. The molecule has 248 valence electrons. The van der Waals surface area contributed by atoms with Gasteiger partial charge < -0.3 is 9.47 Å². The number of aromatic nitrogens is 2. The number of ether oxygens (including phenoxy) is 2. The average molecular weight is 636 g/mol. The topological polar surface area (TPSA) is 85.7 Å². The summed E-state index contributed by atoms with van der Waals surface area (Å²) in [4.78, 5) is 29.7. The van der Waals surface area contributed by atoms with Crippen molar-refractivity contribution in [1.82, 2.24) is 9.78 Å². The van der Waals surface area contributed by atoms with Crippen LogP contribution in [0.2, 0.25) is 0 Å². The number of nitrogens with zero attached hydrogens (tertiary/aromatic N) is 2. The number of hydrogen-bond acceptors (Lipinski definition) is 5. The van der Waals surface area contributed by atoms with Gasteiger partial charge in [0, 0.05) is 18.0 Å². The molecule has 0 aliphatic carbocycles. The number of aliphatic imine (C=N–C) groups is 1. The van der Waals surface area contributed by atoms with Crippen LogP contribution in [-0.4, -0.2) is 28.6 Å². The van der Waals surface area contributed by atoms with Crippen LogP contribution in [0.5, 0.6) is 11.5 Å². The Morgan fingerprint density at radius 1 is 0.766 bits per heavy atom. The Bertz CT molecular complexity index is 1600. The van der Waals surface area contributed by atoms with E-state index in [4.69, 9.17) is 9.47 Å². The van der Waals surface area contributed by atoms with Gasteiger partial charge in [-0.05, 0) is 73.5 Å². The smallest absolute Gasteiger partial charge is 0.336 e. The first-order valence-corrected chi connectivity index (χ1v) is 17.2. The Kier molecular flexibility index (Phi) is 14.8. The highest BCUT2D eigenvalue weighted by molar-refractivity contribution is 5.88. The Balaban J connectivity index is 1.12. The molecule has 7 heteroatoms. The van der Waals surface area contributed by atoms with E-state index in [1.807, 2.05) is 61.5 Å². The lowest BCUT2D eigenvalue weighted by Gasteiger charge is -2.07. The molecule has 0 amide bonds. The second-order valence-corrected chi connectivity index (χ2v) is 11.9. The fraction of sp³-hybridized carbons (Fsp3) is 0.375. The van der Waals surface area contributed by atoms with E-state index in [0.717, 1.165) is 35.7 Å². The van der Waals surface area contributed by atoms with E-state index < -0.39 is 5.97 Å². The summed E-state index contributed by atoms with van der Waals surface area (Å²) in [7, 11) is 0. The van der Waals surface area contributed by atoms with E-state index in [2.05, 4.69) is 17.0 Å². The van der Waals surface area contributed by atoms with Crippen LogP contribution in [0.1, 0.15) is 101 Å². The molecule has 7 nitrogen and oxygen atoms in total. The third kappa shape index (κ3) is 12.2. The van der Waals surface area contributed by atoms with Gasteiger partial charge in [-0.15, -0.1) is 0 Å². The van der Waals surface area contributed by atoms with Crippen LogP contribution in [0.15, 0.2) is 94.7 Å². The quantitative estimate of drug-likeness (QED) is 0.0344. The van der Waals surface area contributed by atoms with Gasteiger partial charge in [0.05, 0.1) is 23.5 Å². The summed E-state index contributed by atoms with van der Waals surface area (Å²) < 4.78 is 12.8. The van der Waals surface area contributed by atoms with Crippen molar-refractivity contribution in [1.29, 1.82) is 0 Å². The number of nitrogens with one attached hydrogen (secondary N) is 1. The van der Waals surface area contributed by atoms with Crippen LogP contribution in [0.3, 0.4) is 0 Å². The minimum atomic E-state index is -0.474. The van der Waals surface area contributed by atoms with E-state index in [1.54, 1.807) is 36.6 Å². The minimum absolute atomic E-state index is 0.174. The van der Waals surface area contributed by atoms with Crippen LogP contribution < -0.4 is 15.0 Å². The molecule has 1 heterocycles. The minimum Gasteiger partial charge on any atom is -0.494 e. The Labute approximate surface area is 279 Å². The van der Waals surface area contributed by atoms with Crippen molar-refractivity contribution in [3.05, 3.63) is 112 Å². The largest absolute Gasteiger partial charge is 0.494 e. The van der Waals surface area contributed by atoms with Crippen molar-refractivity contribution in [2.24, 2.45) is 4.99 Å². The van der Waals surface area contributed by atoms with Gasteiger partial charge in [-0.3, -0.25) is 14.9 Å². The number of para-hydroxylation sites is 1. The van der Waals surface area contributed by atoms with Crippen LogP contribution in [0.4, 0.5) is 5.69 Å². The van der Waals surface area contributed by atoms with Gasteiger partial charge in [-0.25, -0.2) is 9.48 Å². The summed E-state index contributed by atoms with van der Waals surface area (Å²) in [5.74, 6) is 0.770. The summed E-state index contributed by atoms with van der Waals surface area (Å²) in [5.41, 5.74) is 3.30. The molecule has 0 radical (unpaired) electrons. The molecule has 1 N–H and O–H groups in total. The molecule has 47 heavy (non-hydrogen) atoms. The number of aromatic amines is 1. The van der Waals surface area contributed by atoms with Gasteiger partial charge in [0.2, 0.25) is 0 Å². The van der Waals surface area contributed by atoms with Gasteiger partial charge >= 0.3 is 5.97 Å². The van der Waals surface area contributed by atoms with Crippen molar-refractivity contribution >= 4 is 23.9 Å². The maximum atomic E-state index is 12.9. The molecule has 0 bridgehead atoms. The molecular weight excluding hydrogens is 586 g/mol. The number of rotatable bonds is 20. The standard InChI is InChI=1S/C40H49N3O4/c1-3-4-5-6-7-8-9-10-11-12-13-17-30-46-36-25-20-33(21-26-36)22-29-39(44)47-37-27-23-34(24-28-37)41-31-38-32(2)42-43(40(38)45)35-18-15-14-16-19-35/h14-16,18-29,31,42H,3-13,17,30H2,1-2H3/b29-22+,41-31?. The Hall–Kier alpha value is -4.65. The number of benzene rings is 3. The van der Waals surface area contributed by atoms with Crippen molar-refractivity contribution in [3.8, 4) is 17.2 Å². The van der Waals surface area contributed by atoms with Crippen molar-refractivity contribution in [3.63, 3.8) is 0 Å². The lowest BCUT2D eigenvalue weighted by atomic mass is 10.1. The Morgan fingerprint density at radius 2 is 1.36 bits per heavy atom. The molecule has 0 spiro atoms. The van der Waals surface area contributed by atoms with E-state index >= 15 is 0 Å². The number of esters is 1. The zero-order chi connectivity index (χ0) is 33.1. The average Bonchev–Trinajstić information content (AvgIpc) is 3.38. The molecule has 4 aromatic rings. The van der Waals surface area contributed by atoms with Crippen molar-refractivity contribution < 1.29 is 14.3 Å². The lowest BCUT2D eigenvalue weighted by Crippen LogP contribution is -2.17. The zero-order valence-corrected chi connectivity index (χ0v) is 28.0. The van der Waals surface area contributed by atoms with Crippen LogP contribution in [0.25, 0.3) is 11.8 Å². The number of unbranched alkanes of at least 4 members (excludes halogenated alkanes) is 11. The maximum absolute atomic E-state index is 12.9. The molecule has 0 fully saturated rings. The first-order valence-electron chi connectivity index (χ1n) is 17.2. The molecular formula is C40H49N3O4. The highest BCUT2D eigenvalue weighted by atomic mass is 16.5. The summed E-state index contributed by atoms with van der Waals surface area (Å²) in [6.45, 7) is 4.83. The number of hydrogen-bond donors (Lipinski definition) is 1. The predicted molar refractivity (Wildman–Crippen MR) is 193 cm³/mol. The predicted octanol–water partition coefficient (Wildman–Crippen LogP) is 9.92. The van der Waals surface area contributed by atoms with Crippen LogP contribution in [0, 0.1) is 6.92 Å². The Morgan fingerprint density at radius 3 is 2.00 bits per heavy atom. The number of carbonyl (C=O) groups is 1. The summed E-state index contributed by atoms with van der Waals surface area (Å²) in [6.07, 6.45) is 20.6. The highest BCUT2D eigenvalue weighted by Gasteiger charge is 2.10. The second kappa shape index (κ2) is 19.8. The molecule has 0 atom stereocenters. The molecule has 4 rings (SSSR count). The molecule has 0 saturated carbocycles. The molecule has 1 aromatic heterocycles. The highest BCUT2D eigenvalue weighted by Crippen LogP contribution is 2.19. The van der Waals surface area contributed by atoms with Gasteiger partial charge in [-0.1, -0.05) is 108 Å². The number of aryl methyl sites for hydroxylation is 1. The number of carbonyl (C=O) groups excluding carboxylic acids is 1. The summed E-state index contributed by atoms with van der Waals surface area (Å²) >= 11 is 0. The molecule has 0 unspecified atom stereocenters. The van der Waals surface area contributed by atoms with Crippen molar-refractivity contribution in [2.75, 3.05) is 6.61 Å². The fourth-order valence-corrected chi connectivity index (χ4v) is 5.33. The van der Waals surface area contributed by atoms with Crippen LogP contribution in [-0.2, 0) is 4.79 Å². The maximum Gasteiger partial charge on any atom is 0.336 e. The first kappa shape index (κ1) is 35.2. The monoisotopic (exact) mass is 635 g/mol. The molecule has 3 aromatic carbocycles. The van der Waals surface area contributed by atoms with Gasteiger partial charge in [0.25, 0.3) is 5.56 Å². The number of H-pyrrole nitrogens is 1. The van der Waals surface area contributed by atoms with E-state index in [-0.39, 0.29) is 5.56 Å². The molecule has 0 aliphatic heterocycles. The first-order chi connectivity index (χ1) is 23.0. The summed E-state index contributed by atoms with van der Waals surface area (Å²) in [6, 6.07) is 23.9. The fourth-order valence-electron chi connectivity index (χ4n) is 5.33. The van der Waals surface area contributed by atoms with Crippen LogP contribution >= 0.6 is 0 Å². The van der Waals surface area contributed by atoms with E-state index in [0.29, 0.717) is 17.0 Å². The lowest BCUT2D eigenvalue weighted by molar-refractivity contribution is -0.128.